The number of hydrazone groups is 1. The van der Waals surface area contributed by atoms with Crippen LogP contribution in [0.5, 0.6) is 5.75 Å². The summed E-state index contributed by atoms with van der Waals surface area (Å²) in [6, 6.07) is 6.72. The van der Waals surface area contributed by atoms with E-state index >= 15 is 0 Å². The fourth-order valence-electron chi connectivity index (χ4n) is 1.49. The van der Waals surface area contributed by atoms with Crippen LogP contribution in [0.1, 0.15) is 16.1 Å². The molecule has 0 aliphatic rings. The lowest BCUT2D eigenvalue weighted by Crippen LogP contribution is -2.19. The van der Waals surface area contributed by atoms with E-state index in [-0.39, 0.29) is 5.69 Å². The van der Waals surface area contributed by atoms with Crippen molar-refractivity contribution < 1.29 is 19.4 Å². The molecule has 0 spiro atoms. The van der Waals surface area contributed by atoms with Gasteiger partial charge in [-0.3, -0.25) is 9.78 Å². The highest BCUT2D eigenvalue weighted by Gasteiger charge is 2.06. The van der Waals surface area contributed by atoms with Crippen LogP contribution in [0.2, 0.25) is 0 Å². The number of hydrogen-bond donors (Lipinski definition) is 2. The average molecular weight is 300 g/mol. The summed E-state index contributed by atoms with van der Waals surface area (Å²) in [5.74, 6) is -1.24. The first-order valence-electron chi connectivity index (χ1n) is 6.20. The van der Waals surface area contributed by atoms with Crippen molar-refractivity contribution >= 4 is 18.1 Å². The Morgan fingerprint density at radius 2 is 2.14 bits per heavy atom. The van der Waals surface area contributed by atoms with Crippen LogP contribution < -0.4 is 10.2 Å². The summed E-state index contributed by atoms with van der Waals surface area (Å²) in [6.07, 6.45) is 5.52. The number of nitrogens with one attached hydrogen (secondary N) is 1. The molecule has 0 radical (unpaired) electrons. The molecule has 0 bridgehead atoms. The molecule has 0 saturated carbocycles. The SMILES string of the molecule is O=C(O)COc1ccccc1/C=N/NC(=O)c1cnccn1. The van der Waals surface area contributed by atoms with Gasteiger partial charge in [-0.05, 0) is 12.1 Å². The largest absolute Gasteiger partial charge is 0.481 e. The predicted molar refractivity (Wildman–Crippen MR) is 76.7 cm³/mol. The van der Waals surface area contributed by atoms with Crippen LogP contribution in [0.25, 0.3) is 0 Å². The fourth-order valence-corrected chi connectivity index (χ4v) is 1.49. The molecule has 8 heteroatoms. The van der Waals surface area contributed by atoms with E-state index in [0.717, 1.165) is 0 Å². The first-order valence-corrected chi connectivity index (χ1v) is 6.20. The van der Waals surface area contributed by atoms with Gasteiger partial charge in [0.05, 0.1) is 12.4 Å². The number of aliphatic carboxylic acids is 1. The standard InChI is InChI=1S/C14H12N4O4/c19-13(20)9-22-12-4-2-1-3-10(12)7-17-18-14(21)11-8-15-5-6-16-11/h1-8H,9H2,(H,18,21)(H,19,20)/b17-7+. The zero-order chi connectivity index (χ0) is 15.8. The summed E-state index contributed by atoms with van der Waals surface area (Å²) in [5.41, 5.74) is 2.96. The highest BCUT2D eigenvalue weighted by atomic mass is 16.5. The normalized spacial score (nSPS) is 10.4. The second kappa shape index (κ2) is 7.48. The van der Waals surface area contributed by atoms with Crippen molar-refractivity contribution in [3.63, 3.8) is 0 Å². The van der Waals surface area contributed by atoms with E-state index in [2.05, 4.69) is 20.5 Å². The minimum atomic E-state index is -1.08. The van der Waals surface area contributed by atoms with Gasteiger partial charge >= 0.3 is 5.97 Å². The summed E-state index contributed by atoms with van der Waals surface area (Å²) in [6.45, 7) is -0.461. The maximum Gasteiger partial charge on any atom is 0.341 e. The zero-order valence-electron chi connectivity index (χ0n) is 11.3. The first kappa shape index (κ1) is 15.1. The average Bonchev–Trinajstić information content (AvgIpc) is 2.54. The van der Waals surface area contributed by atoms with Gasteiger partial charge in [-0.15, -0.1) is 0 Å². The minimum Gasteiger partial charge on any atom is -0.481 e. The molecule has 2 rings (SSSR count). The van der Waals surface area contributed by atoms with Gasteiger partial charge in [0.25, 0.3) is 5.91 Å². The third-order valence-electron chi connectivity index (χ3n) is 2.44. The van der Waals surface area contributed by atoms with Crippen LogP contribution in [-0.2, 0) is 4.79 Å². The first-order chi connectivity index (χ1) is 10.7. The van der Waals surface area contributed by atoms with Crippen LogP contribution in [0.4, 0.5) is 0 Å². The van der Waals surface area contributed by atoms with E-state index in [9.17, 15) is 9.59 Å². The number of aromatic nitrogens is 2. The number of para-hydroxylation sites is 1. The molecule has 1 amide bonds. The molecule has 0 aliphatic carbocycles. The van der Waals surface area contributed by atoms with Crippen molar-refractivity contribution in [3.8, 4) is 5.75 Å². The monoisotopic (exact) mass is 300 g/mol. The van der Waals surface area contributed by atoms with Crippen molar-refractivity contribution in [1.29, 1.82) is 0 Å². The van der Waals surface area contributed by atoms with Gasteiger partial charge in [-0.25, -0.2) is 15.2 Å². The highest BCUT2D eigenvalue weighted by Crippen LogP contribution is 2.15. The maximum absolute atomic E-state index is 11.7. The molecule has 22 heavy (non-hydrogen) atoms. The Hall–Kier alpha value is -3.29. The number of nitrogens with zero attached hydrogens (tertiary/aromatic N) is 3. The van der Waals surface area contributed by atoms with E-state index in [0.29, 0.717) is 11.3 Å². The molecule has 8 nitrogen and oxygen atoms in total. The molecule has 1 aromatic carbocycles. The van der Waals surface area contributed by atoms with Crippen molar-refractivity contribution in [2.75, 3.05) is 6.61 Å². The fraction of sp³-hybridized carbons (Fsp3) is 0.0714. The topological polar surface area (TPSA) is 114 Å². The van der Waals surface area contributed by atoms with Gasteiger partial charge in [0, 0.05) is 18.0 Å². The summed E-state index contributed by atoms with van der Waals surface area (Å²) in [5, 5.41) is 12.4. The Morgan fingerprint density at radius 3 is 2.86 bits per heavy atom. The van der Waals surface area contributed by atoms with Gasteiger partial charge in [0.1, 0.15) is 11.4 Å². The number of carbonyl (C=O) groups is 2. The number of rotatable bonds is 6. The molecule has 0 atom stereocenters. The highest BCUT2D eigenvalue weighted by molar-refractivity contribution is 5.93. The van der Waals surface area contributed by atoms with E-state index in [1.165, 1.54) is 24.8 Å². The Morgan fingerprint density at radius 1 is 1.32 bits per heavy atom. The maximum atomic E-state index is 11.7. The molecular weight excluding hydrogens is 288 g/mol. The van der Waals surface area contributed by atoms with Crippen molar-refractivity contribution in [2.24, 2.45) is 5.10 Å². The molecule has 1 heterocycles. The molecule has 0 unspecified atom stereocenters. The van der Waals surface area contributed by atoms with Gasteiger partial charge in [-0.1, -0.05) is 12.1 Å². The van der Waals surface area contributed by atoms with Gasteiger partial charge in [-0.2, -0.15) is 5.10 Å². The smallest absolute Gasteiger partial charge is 0.341 e. The van der Waals surface area contributed by atoms with Crippen LogP contribution >= 0.6 is 0 Å². The molecule has 1 aromatic heterocycles. The zero-order valence-corrected chi connectivity index (χ0v) is 11.3. The van der Waals surface area contributed by atoms with Gasteiger partial charge in [0.15, 0.2) is 6.61 Å². The summed E-state index contributed by atoms with van der Waals surface area (Å²) in [4.78, 5) is 29.8. The quantitative estimate of drug-likeness (QED) is 0.599. The van der Waals surface area contributed by atoms with Crippen molar-refractivity contribution in [2.45, 2.75) is 0 Å². The molecule has 0 fully saturated rings. The van der Waals surface area contributed by atoms with Crippen LogP contribution in [0.3, 0.4) is 0 Å². The van der Waals surface area contributed by atoms with Gasteiger partial charge < -0.3 is 9.84 Å². The Bertz CT molecular complexity index is 688. The van der Waals surface area contributed by atoms with E-state index in [1.807, 2.05) is 0 Å². The van der Waals surface area contributed by atoms with E-state index < -0.39 is 18.5 Å². The summed E-state index contributed by atoms with van der Waals surface area (Å²) in [7, 11) is 0. The lowest BCUT2D eigenvalue weighted by Gasteiger charge is -2.06. The molecular formula is C14H12N4O4. The summed E-state index contributed by atoms with van der Waals surface area (Å²) >= 11 is 0. The lowest BCUT2D eigenvalue weighted by atomic mass is 10.2. The van der Waals surface area contributed by atoms with Gasteiger partial charge in [0.2, 0.25) is 0 Å². The number of hydrogen-bond acceptors (Lipinski definition) is 6. The lowest BCUT2D eigenvalue weighted by molar-refractivity contribution is -0.139. The minimum absolute atomic E-state index is 0.134. The number of amides is 1. The second-order valence-corrected chi connectivity index (χ2v) is 4.01. The third kappa shape index (κ3) is 4.37. The Labute approximate surface area is 125 Å². The van der Waals surface area contributed by atoms with Crippen LogP contribution in [0.15, 0.2) is 48.0 Å². The van der Waals surface area contributed by atoms with E-state index in [1.54, 1.807) is 24.3 Å². The van der Waals surface area contributed by atoms with Crippen LogP contribution in [0, 0.1) is 0 Å². The van der Waals surface area contributed by atoms with Crippen LogP contribution in [-0.4, -0.2) is 39.8 Å². The van der Waals surface area contributed by atoms with Crippen molar-refractivity contribution in [3.05, 3.63) is 54.1 Å². The molecule has 2 aromatic rings. The number of benzene rings is 1. The number of ether oxygens (including phenoxy) is 1. The predicted octanol–water partition coefficient (Wildman–Crippen LogP) is 0.704. The number of carbonyl (C=O) groups excluding carboxylic acids is 1. The Kier molecular flexibility index (Phi) is 5.14. The summed E-state index contributed by atoms with van der Waals surface area (Å²) < 4.78 is 5.11. The number of carboxylic acid groups (broad SMARTS) is 1. The second-order valence-electron chi connectivity index (χ2n) is 4.01. The molecule has 0 aliphatic heterocycles. The number of carboxylic acids is 1. The third-order valence-corrected chi connectivity index (χ3v) is 2.44. The van der Waals surface area contributed by atoms with Crippen molar-refractivity contribution in [1.82, 2.24) is 15.4 Å². The Balaban J connectivity index is 2.01. The molecule has 112 valence electrons. The molecule has 0 saturated heterocycles. The van der Waals surface area contributed by atoms with E-state index in [4.69, 9.17) is 9.84 Å². The molecule has 2 N–H and O–H groups in total.